The Balaban J connectivity index is 2.40. The van der Waals surface area contributed by atoms with Crippen molar-refractivity contribution in [3.8, 4) is 6.07 Å². The predicted octanol–water partition coefficient (Wildman–Crippen LogP) is 3.68. The summed E-state index contributed by atoms with van der Waals surface area (Å²) < 4.78 is 14.4. The van der Waals surface area contributed by atoms with Gasteiger partial charge in [0.05, 0.1) is 11.9 Å². The average Bonchev–Trinajstić information content (AvgIpc) is 2.80. The van der Waals surface area contributed by atoms with E-state index in [2.05, 4.69) is 20.9 Å². The minimum Gasteiger partial charge on any atom is -0.318 e. The molecule has 0 saturated heterocycles. The molecule has 1 heterocycles. The molecule has 1 aromatic heterocycles. The molecule has 2 rings (SSSR count). The summed E-state index contributed by atoms with van der Waals surface area (Å²) in [6.07, 6.45) is 1.48. The molecule has 3 nitrogen and oxygen atoms in total. The van der Waals surface area contributed by atoms with Crippen LogP contribution in [0.4, 0.5) is 15.2 Å². The predicted molar refractivity (Wildman–Crippen MR) is 69.0 cm³/mol. The summed E-state index contributed by atoms with van der Waals surface area (Å²) in [5, 5.41) is 9.30. The van der Waals surface area contributed by atoms with Crippen molar-refractivity contribution in [2.75, 3.05) is 11.9 Å². The van der Waals surface area contributed by atoms with E-state index in [0.29, 0.717) is 15.7 Å². The fraction of sp³-hybridized carbons (Fsp3) is 0.0909. The lowest BCUT2D eigenvalue weighted by Crippen LogP contribution is -2.10. The summed E-state index contributed by atoms with van der Waals surface area (Å²) in [5.74, 6) is -0.329. The zero-order valence-electron chi connectivity index (χ0n) is 8.82. The second kappa shape index (κ2) is 4.82. The summed E-state index contributed by atoms with van der Waals surface area (Å²) in [4.78, 5) is 6.19. The number of hydrogen-bond donors (Lipinski definition) is 0. The van der Waals surface area contributed by atoms with Gasteiger partial charge < -0.3 is 4.90 Å². The SMILES string of the molecule is CN(c1ncc(C#N)s1)c1cc(Br)ccc1F. The van der Waals surface area contributed by atoms with Crippen LogP contribution < -0.4 is 4.90 Å². The van der Waals surface area contributed by atoms with Crippen molar-refractivity contribution in [1.29, 1.82) is 5.26 Å². The smallest absolute Gasteiger partial charge is 0.190 e. The van der Waals surface area contributed by atoms with Gasteiger partial charge in [0.2, 0.25) is 0 Å². The zero-order valence-corrected chi connectivity index (χ0v) is 11.2. The van der Waals surface area contributed by atoms with E-state index in [4.69, 9.17) is 5.26 Å². The number of rotatable bonds is 2. The van der Waals surface area contributed by atoms with E-state index in [9.17, 15) is 4.39 Å². The second-order valence-electron chi connectivity index (χ2n) is 3.27. The van der Waals surface area contributed by atoms with Gasteiger partial charge in [-0.2, -0.15) is 5.26 Å². The molecular formula is C11H7BrFN3S. The first-order chi connectivity index (χ1) is 8.11. The average molecular weight is 312 g/mol. The summed E-state index contributed by atoms with van der Waals surface area (Å²) in [7, 11) is 1.71. The maximum atomic E-state index is 13.6. The Morgan fingerprint density at radius 3 is 2.94 bits per heavy atom. The minimum atomic E-state index is -0.329. The molecule has 0 radical (unpaired) electrons. The summed E-state index contributed by atoms with van der Waals surface area (Å²) in [5.41, 5.74) is 0.415. The third kappa shape index (κ3) is 2.46. The first-order valence-electron chi connectivity index (χ1n) is 4.66. The topological polar surface area (TPSA) is 39.9 Å². The molecule has 6 heteroatoms. The lowest BCUT2D eigenvalue weighted by molar-refractivity contribution is 0.627. The largest absolute Gasteiger partial charge is 0.318 e. The summed E-state index contributed by atoms with van der Waals surface area (Å²) in [6.45, 7) is 0. The van der Waals surface area contributed by atoms with Gasteiger partial charge in [-0.15, -0.1) is 0 Å². The van der Waals surface area contributed by atoms with E-state index >= 15 is 0 Å². The third-order valence-electron chi connectivity index (χ3n) is 2.16. The number of anilines is 2. The van der Waals surface area contributed by atoms with Gasteiger partial charge in [-0.25, -0.2) is 9.37 Å². The molecule has 0 unspecified atom stereocenters. The van der Waals surface area contributed by atoms with Gasteiger partial charge in [0.15, 0.2) is 5.13 Å². The van der Waals surface area contributed by atoms with Crippen molar-refractivity contribution in [1.82, 2.24) is 4.98 Å². The highest BCUT2D eigenvalue weighted by Crippen LogP contribution is 2.31. The van der Waals surface area contributed by atoms with Crippen molar-refractivity contribution in [2.24, 2.45) is 0 Å². The second-order valence-corrected chi connectivity index (χ2v) is 5.20. The zero-order chi connectivity index (χ0) is 12.4. The van der Waals surface area contributed by atoms with Crippen molar-refractivity contribution in [3.05, 3.63) is 39.6 Å². The summed E-state index contributed by atoms with van der Waals surface area (Å²) in [6, 6.07) is 6.69. The Morgan fingerprint density at radius 2 is 2.29 bits per heavy atom. The molecule has 2 aromatic rings. The van der Waals surface area contributed by atoms with Gasteiger partial charge in [-0.1, -0.05) is 27.3 Å². The van der Waals surface area contributed by atoms with Crippen LogP contribution in [0.15, 0.2) is 28.9 Å². The van der Waals surface area contributed by atoms with E-state index in [-0.39, 0.29) is 5.82 Å². The van der Waals surface area contributed by atoms with E-state index in [1.54, 1.807) is 24.1 Å². The quantitative estimate of drug-likeness (QED) is 0.849. The Hall–Kier alpha value is -1.45. The first-order valence-corrected chi connectivity index (χ1v) is 6.27. The molecule has 17 heavy (non-hydrogen) atoms. The number of nitrogens with zero attached hydrogens (tertiary/aromatic N) is 3. The molecular weight excluding hydrogens is 305 g/mol. The molecule has 1 aromatic carbocycles. The third-order valence-corrected chi connectivity index (χ3v) is 3.63. The van der Waals surface area contributed by atoms with Crippen LogP contribution >= 0.6 is 27.3 Å². The molecule has 0 spiro atoms. The van der Waals surface area contributed by atoms with Crippen molar-refractivity contribution in [2.45, 2.75) is 0 Å². The van der Waals surface area contributed by atoms with E-state index in [0.717, 1.165) is 4.47 Å². The Bertz CT molecular complexity index is 591. The normalized spacial score (nSPS) is 10.0. The molecule has 0 atom stereocenters. The Kier molecular flexibility index (Phi) is 3.41. The van der Waals surface area contributed by atoms with Gasteiger partial charge in [-0.05, 0) is 18.2 Å². The number of benzene rings is 1. The number of nitriles is 1. The highest BCUT2D eigenvalue weighted by Gasteiger charge is 2.13. The monoisotopic (exact) mass is 311 g/mol. The fourth-order valence-corrected chi connectivity index (χ4v) is 2.35. The number of hydrogen-bond acceptors (Lipinski definition) is 4. The lowest BCUT2D eigenvalue weighted by atomic mass is 10.3. The molecule has 0 fully saturated rings. The summed E-state index contributed by atoms with van der Waals surface area (Å²) >= 11 is 4.52. The molecule has 0 N–H and O–H groups in total. The number of halogens is 2. The molecule has 86 valence electrons. The molecule has 0 amide bonds. The van der Waals surface area contributed by atoms with Crippen LogP contribution in [0.25, 0.3) is 0 Å². The first kappa shape index (κ1) is 12.0. The van der Waals surface area contributed by atoms with Gasteiger partial charge in [0.1, 0.15) is 16.8 Å². The number of aromatic nitrogens is 1. The maximum absolute atomic E-state index is 13.6. The molecule has 0 aliphatic rings. The van der Waals surface area contributed by atoms with Crippen molar-refractivity contribution >= 4 is 38.1 Å². The molecule has 0 saturated carbocycles. The Labute approximate surface area is 110 Å². The van der Waals surface area contributed by atoms with Crippen LogP contribution in [0, 0.1) is 17.1 Å². The van der Waals surface area contributed by atoms with Gasteiger partial charge in [0.25, 0.3) is 0 Å². The van der Waals surface area contributed by atoms with Crippen LogP contribution in [0.1, 0.15) is 4.88 Å². The Morgan fingerprint density at radius 1 is 1.53 bits per heavy atom. The number of thiazole rings is 1. The molecule has 0 aliphatic carbocycles. The van der Waals surface area contributed by atoms with Crippen molar-refractivity contribution < 1.29 is 4.39 Å². The van der Waals surface area contributed by atoms with Crippen molar-refractivity contribution in [3.63, 3.8) is 0 Å². The maximum Gasteiger partial charge on any atom is 0.190 e. The van der Waals surface area contributed by atoms with Crippen LogP contribution in [0.2, 0.25) is 0 Å². The highest BCUT2D eigenvalue weighted by molar-refractivity contribution is 9.10. The highest BCUT2D eigenvalue weighted by atomic mass is 79.9. The van der Waals surface area contributed by atoms with E-state index < -0.39 is 0 Å². The molecule has 0 aliphatic heterocycles. The van der Waals surface area contributed by atoms with Crippen LogP contribution in [0.5, 0.6) is 0 Å². The van der Waals surface area contributed by atoms with E-state index in [1.165, 1.54) is 23.6 Å². The van der Waals surface area contributed by atoms with E-state index in [1.807, 2.05) is 6.07 Å². The van der Waals surface area contributed by atoms with Gasteiger partial charge >= 0.3 is 0 Å². The lowest BCUT2D eigenvalue weighted by Gasteiger charge is -2.16. The van der Waals surface area contributed by atoms with Gasteiger partial charge in [-0.3, -0.25) is 0 Å². The van der Waals surface area contributed by atoms with Crippen LogP contribution in [-0.2, 0) is 0 Å². The fourth-order valence-electron chi connectivity index (χ4n) is 1.32. The van der Waals surface area contributed by atoms with Gasteiger partial charge in [0, 0.05) is 11.5 Å². The standard InChI is InChI=1S/C11H7BrFN3S/c1-16(11-15-6-8(5-14)17-11)10-4-7(12)2-3-9(10)13/h2-4,6H,1H3. The molecule has 0 bridgehead atoms. The minimum absolute atomic E-state index is 0.329. The van der Waals surface area contributed by atoms with Crippen LogP contribution in [0.3, 0.4) is 0 Å². The van der Waals surface area contributed by atoms with Crippen LogP contribution in [-0.4, -0.2) is 12.0 Å².